The highest BCUT2D eigenvalue weighted by molar-refractivity contribution is 7.86. The highest BCUT2D eigenvalue weighted by Gasteiger charge is 2.48. The molecular weight excluding hydrogens is 362 g/mol. The summed E-state index contributed by atoms with van der Waals surface area (Å²) in [6, 6.07) is 0. The van der Waals surface area contributed by atoms with Crippen molar-refractivity contribution in [1.82, 2.24) is 19.5 Å². The molecule has 14 heteroatoms. The molecule has 0 amide bonds. The molecular formula is C11H15N5O8S. The minimum atomic E-state index is -4.04. The molecule has 5 atom stereocenters. The molecule has 1 aliphatic rings. The third-order valence-corrected chi connectivity index (χ3v) is 4.10. The zero-order valence-corrected chi connectivity index (χ0v) is 13.5. The largest absolute Gasteiger partial charge is 0.387 e. The van der Waals surface area contributed by atoms with Gasteiger partial charge in [0.2, 0.25) is 12.2 Å². The summed E-state index contributed by atoms with van der Waals surface area (Å²) in [6.45, 7) is 0. The molecule has 1 aliphatic heterocycles. The van der Waals surface area contributed by atoms with E-state index in [-0.39, 0.29) is 17.1 Å². The number of anilines is 1. The van der Waals surface area contributed by atoms with E-state index in [1.807, 2.05) is 0 Å². The van der Waals surface area contributed by atoms with Gasteiger partial charge in [-0.3, -0.25) is 14.3 Å². The number of nitrogen functional groups attached to an aromatic ring is 1. The summed E-state index contributed by atoms with van der Waals surface area (Å²) < 4.78 is 33.0. The van der Waals surface area contributed by atoms with Crippen molar-refractivity contribution < 1.29 is 32.7 Å². The normalized spacial score (nSPS) is 28.5. The summed E-state index contributed by atoms with van der Waals surface area (Å²) in [5.74, 6) is -0.204. The molecule has 138 valence electrons. The molecule has 0 aromatic carbocycles. The Balaban J connectivity index is 1.95. The van der Waals surface area contributed by atoms with Gasteiger partial charge in [0, 0.05) is 0 Å². The van der Waals surface area contributed by atoms with Crippen LogP contribution in [0.25, 0.3) is 11.2 Å². The first-order chi connectivity index (χ1) is 11.6. The molecule has 2 aromatic rings. The van der Waals surface area contributed by atoms with E-state index >= 15 is 0 Å². The number of hydrogen-bond donors (Lipinski definition) is 5. The smallest absolute Gasteiger partial charge is 0.280 e. The van der Waals surface area contributed by atoms with Crippen LogP contribution in [0.1, 0.15) is 6.23 Å². The van der Waals surface area contributed by atoms with Crippen LogP contribution in [0.4, 0.5) is 5.95 Å². The average molecular weight is 377 g/mol. The van der Waals surface area contributed by atoms with Gasteiger partial charge in [0.25, 0.3) is 15.7 Å². The van der Waals surface area contributed by atoms with Crippen molar-refractivity contribution in [3.8, 4) is 0 Å². The predicted octanol–water partition coefficient (Wildman–Crippen LogP) is -3.38. The molecule has 3 rings (SSSR count). The van der Waals surface area contributed by atoms with Crippen LogP contribution in [-0.4, -0.2) is 74.1 Å². The number of hydrogen-bond acceptors (Lipinski definition) is 11. The number of imidazole rings is 1. The number of aromatic nitrogens is 4. The lowest BCUT2D eigenvalue weighted by atomic mass is 10.1. The number of rotatable bonds is 4. The third-order valence-electron chi connectivity index (χ3n) is 3.55. The zero-order chi connectivity index (χ0) is 18.5. The fraction of sp³-hybridized carbons (Fsp3) is 0.545. The Morgan fingerprint density at radius 3 is 2.76 bits per heavy atom. The monoisotopic (exact) mass is 377 g/mol. The minimum absolute atomic E-state index is 0.0309. The Hall–Kier alpha value is -2.10. The molecule has 25 heavy (non-hydrogen) atoms. The van der Waals surface area contributed by atoms with Crippen molar-refractivity contribution in [2.24, 2.45) is 0 Å². The standard InChI is InChI=1S/C11H15N5O8S/c1-25(21,22)24-10(20)6-4(17)5(18)9(23-6)16-2-13-3-7(16)14-11(12)15-8(3)19/h2,4-6,9-10,17-18,20H,1H3,(H3,12,14,15,19)/t4-,5+,6-,9+,10?/m0/s1. The van der Waals surface area contributed by atoms with Crippen molar-refractivity contribution in [3.63, 3.8) is 0 Å². The molecule has 13 nitrogen and oxygen atoms in total. The number of aliphatic hydroxyl groups excluding tert-OH is 3. The predicted molar refractivity (Wildman–Crippen MR) is 80.4 cm³/mol. The van der Waals surface area contributed by atoms with E-state index in [2.05, 4.69) is 19.1 Å². The van der Waals surface area contributed by atoms with Crippen molar-refractivity contribution in [2.75, 3.05) is 12.0 Å². The lowest BCUT2D eigenvalue weighted by molar-refractivity contribution is -0.152. The first-order valence-corrected chi connectivity index (χ1v) is 8.70. The van der Waals surface area contributed by atoms with E-state index in [9.17, 15) is 28.5 Å². The van der Waals surface area contributed by atoms with Gasteiger partial charge in [-0.1, -0.05) is 0 Å². The number of aromatic amines is 1. The lowest BCUT2D eigenvalue weighted by Gasteiger charge is -2.19. The van der Waals surface area contributed by atoms with Crippen LogP contribution in [0.3, 0.4) is 0 Å². The summed E-state index contributed by atoms with van der Waals surface area (Å²) in [5, 5.41) is 30.0. The number of nitrogens with one attached hydrogen (secondary N) is 1. The third kappa shape index (κ3) is 3.22. The van der Waals surface area contributed by atoms with Crippen LogP contribution in [0.15, 0.2) is 11.1 Å². The van der Waals surface area contributed by atoms with Crippen LogP contribution < -0.4 is 11.3 Å². The molecule has 0 spiro atoms. The van der Waals surface area contributed by atoms with Crippen LogP contribution in [0.2, 0.25) is 0 Å². The summed E-state index contributed by atoms with van der Waals surface area (Å²) in [4.78, 5) is 21.7. The maximum absolute atomic E-state index is 11.8. The Bertz CT molecular complexity index is 955. The molecule has 0 aliphatic carbocycles. The summed E-state index contributed by atoms with van der Waals surface area (Å²) in [7, 11) is -4.04. The van der Waals surface area contributed by atoms with E-state index in [0.717, 1.165) is 10.9 Å². The van der Waals surface area contributed by atoms with Crippen LogP contribution in [0.5, 0.6) is 0 Å². The molecule has 1 fully saturated rings. The van der Waals surface area contributed by atoms with Gasteiger partial charge in [0.1, 0.15) is 18.3 Å². The molecule has 6 N–H and O–H groups in total. The van der Waals surface area contributed by atoms with Crippen molar-refractivity contribution in [1.29, 1.82) is 0 Å². The van der Waals surface area contributed by atoms with E-state index in [1.54, 1.807) is 0 Å². The molecule has 2 aromatic heterocycles. The average Bonchev–Trinajstić information content (AvgIpc) is 3.00. The number of H-pyrrole nitrogens is 1. The maximum Gasteiger partial charge on any atom is 0.280 e. The SMILES string of the molecule is CS(=O)(=O)OC(O)[C@H]1O[C@@H](n2cnc3c(=O)[nH]c(N)nc32)[C@H](O)[C@@H]1O. The van der Waals surface area contributed by atoms with Gasteiger partial charge in [-0.2, -0.15) is 13.4 Å². The van der Waals surface area contributed by atoms with Crippen molar-refractivity contribution in [3.05, 3.63) is 16.7 Å². The fourth-order valence-electron chi connectivity index (χ4n) is 2.51. The Morgan fingerprint density at radius 2 is 2.12 bits per heavy atom. The van der Waals surface area contributed by atoms with Gasteiger partial charge < -0.3 is 25.8 Å². The molecule has 1 unspecified atom stereocenters. The van der Waals surface area contributed by atoms with E-state index in [0.29, 0.717) is 6.26 Å². The van der Waals surface area contributed by atoms with Gasteiger partial charge in [-0.25, -0.2) is 9.17 Å². The second kappa shape index (κ2) is 6.01. The minimum Gasteiger partial charge on any atom is -0.387 e. The Morgan fingerprint density at radius 1 is 1.44 bits per heavy atom. The highest BCUT2D eigenvalue weighted by Crippen LogP contribution is 2.33. The number of fused-ring (bicyclic) bond motifs is 1. The first-order valence-electron chi connectivity index (χ1n) is 6.89. The van der Waals surface area contributed by atoms with E-state index in [1.165, 1.54) is 0 Å². The Labute approximate surface area is 139 Å². The van der Waals surface area contributed by atoms with Crippen LogP contribution in [-0.2, 0) is 19.0 Å². The first kappa shape index (κ1) is 17.7. The van der Waals surface area contributed by atoms with Crippen molar-refractivity contribution in [2.45, 2.75) is 30.8 Å². The molecule has 0 saturated carbocycles. The van der Waals surface area contributed by atoms with Gasteiger partial charge in [0.05, 0.1) is 12.6 Å². The highest BCUT2D eigenvalue weighted by atomic mass is 32.2. The number of ether oxygens (including phenoxy) is 1. The quantitative estimate of drug-likeness (QED) is 0.262. The number of nitrogens with zero attached hydrogens (tertiary/aromatic N) is 3. The lowest BCUT2D eigenvalue weighted by Crippen LogP contribution is -2.40. The number of aliphatic hydroxyl groups is 3. The van der Waals surface area contributed by atoms with E-state index in [4.69, 9.17) is 10.5 Å². The van der Waals surface area contributed by atoms with Crippen molar-refractivity contribution >= 4 is 27.2 Å². The van der Waals surface area contributed by atoms with E-state index < -0.39 is 46.5 Å². The number of nitrogens with two attached hydrogens (primary N) is 1. The molecule has 0 bridgehead atoms. The molecule has 1 saturated heterocycles. The zero-order valence-electron chi connectivity index (χ0n) is 12.7. The summed E-state index contributed by atoms with van der Waals surface area (Å²) in [5.41, 5.74) is 4.73. The molecule has 3 heterocycles. The van der Waals surface area contributed by atoms with Crippen LogP contribution >= 0.6 is 0 Å². The van der Waals surface area contributed by atoms with Gasteiger partial charge >= 0.3 is 0 Å². The van der Waals surface area contributed by atoms with Gasteiger partial charge in [-0.15, -0.1) is 0 Å². The second-order valence-electron chi connectivity index (χ2n) is 5.44. The fourth-order valence-corrected chi connectivity index (χ4v) is 2.98. The maximum atomic E-state index is 11.8. The second-order valence-corrected chi connectivity index (χ2v) is 7.04. The van der Waals surface area contributed by atoms with Gasteiger partial charge in [-0.05, 0) is 0 Å². The summed E-state index contributed by atoms with van der Waals surface area (Å²) in [6.07, 6.45) is -6.41. The Kier molecular flexibility index (Phi) is 4.26. The topological polar surface area (TPSA) is 203 Å². The van der Waals surface area contributed by atoms with Crippen LogP contribution in [0, 0.1) is 0 Å². The molecule has 0 radical (unpaired) electrons. The summed E-state index contributed by atoms with van der Waals surface area (Å²) >= 11 is 0. The van der Waals surface area contributed by atoms with Gasteiger partial charge in [0.15, 0.2) is 17.4 Å².